The number of anilines is 2. The first-order valence-corrected chi connectivity index (χ1v) is 7.18. The molecule has 2 heterocycles. The predicted molar refractivity (Wildman–Crippen MR) is 80.3 cm³/mol. The summed E-state index contributed by atoms with van der Waals surface area (Å²) in [6, 6.07) is 4.40. The van der Waals surface area contributed by atoms with E-state index in [-0.39, 0.29) is 11.3 Å². The molecule has 2 rings (SSSR count). The minimum Gasteiger partial charge on any atom is -0.351 e. The van der Waals surface area contributed by atoms with Crippen LogP contribution in [0, 0.1) is 0 Å². The molecule has 0 bridgehead atoms. The summed E-state index contributed by atoms with van der Waals surface area (Å²) in [6.45, 7) is 2.09. The standard InChI is InChI=1S/C12H16ClN5S/c1-8(7-9-5-4-6-19-9)14-11-15-10(13)16-12(17-11)18(2)3/h4-6,8H,7H2,1-3H3,(H,14,15,16,17). The third-order valence-corrected chi connectivity index (χ3v) is 3.53. The molecule has 1 N–H and O–H groups in total. The summed E-state index contributed by atoms with van der Waals surface area (Å²) in [4.78, 5) is 15.6. The Labute approximate surface area is 121 Å². The topological polar surface area (TPSA) is 53.9 Å². The number of thiophene rings is 1. The van der Waals surface area contributed by atoms with Crippen molar-refractivity contribution in [1.29, 1.82) is 0 Å². The van der Waals surface area contributed by atoms with Crippen LogP contribution in [0.4, 0.5) is 11.9 Å². The summed E-state index contributed by atoms with van der Waals surface area (Å²) in [6.07, 6.45) is 0.929. The van der Waals surface area contributed by atoms with Gasteiger partial charge in [0, 0.05) is 31.4 Å². The van der Waals surface area contributed by atoms with Gasteiger partial charge in [-0.15, -0.1) is 11.3 Å². The highest BCUT2D eigenvalue weighted by atomic mass is 35.5. The highest BCUT2D eigenvalue weighted by Gasteiger charge is 2.10. The monoisotopic (exact) mass is 297 g/mol. The van der Waals surface area contributed by atoms with Gasteiger partial charge in [0.15, 0.2) is 0 Å². The highest BCUT2D eigenvalue weighted by Crippen LogP contribution is 2.15. The van der Waals surface area contributed by atoms with E-state index in [4.69, 9.17) is 11.6 Å². The summed E-state index contributed by atoms with van der Waals surface area (Å²) in [7, 11) is 3.73. The number of rotatable bonds is 5. The molecule has 0 saturated heterocycles. The second-order valence-corrected chi connectivity index (χ2v) is 5.82. The van der Waals surface area contributed by atoms with E-state index in [1.807, 2.05) is 14.1 Å². The smallest absolute Gasteiger partial charge is 0.230 e. The van der Waals surface area contributed by atoms with Crippen molar-refractivity contribution in [3.63, 3.8) is 0 Å². The SMILES string of the molecule is CC(Cc1cccs1)Nc1nc(Cl)nc(N(C)C)n1. The van der Waals surface area contributed by atoms with Crippen molar-refractivity contribution in [2.24, 2.45) is 0 Å². The van der Waals surface area contributed by atoms with E-state index in [2.05, 4.69) is 44.7 Å². The number of nitrogens with zero attached hydrogens (tertiary/aromatic N) is 4. The summed E-state index contributed by atoms with van der Waals surface area (Å²) < 4.78 is 0. The summed E-state index contributed by atoms with van der Waals surface area (Å²) >= 11 is 7.64. The van der Waals surface area contributed by atoms with Crippen LogP contribution in [-0.4, -0.2) is 35.1 Å². The third-order valence-electron chi connectivity index (χ3n) is 2.46. The molecule has 102 valence electrons. The van der Waals surface area contributed by atoms with Crippen LogP contribution in [-0.2, 0) is 6.42 Å². The Morgan fingerprint density at radius 3 is 2.79 bits per heavy atom. The van der Waals surface area contributed by atoms with Crippen LogP contribution in [0.3, 0.4) is 0 Å². The fourth-order valence-electron chi connectivity index (χ4n) is 1.61. The first-order valence-electron chi connectivity index (χ1n) is 5.92. The van der Waals surface area contributed by atoms with Crippen LogP contribution >= 0.6 is 22.9 Å². The molecule has 2 aromatic heterocycles. The number of hydrogen-bond acceptors (Lipinski definition) is 6. The maximum atomic E-state index is 5.89. The molecule has 0 aliphatic carbocycles. The average Bonchev–Trinajstić information content (AvgIpc) is 2.80. The van der Waals surface area contributed by atoms with Crippen LogP contribution in [0.1, 0.15) is 11.8 Å². The maximum Gasteiger partial charge on any atom is 0.230 e. The van der Waals surface area contributed by atoms with Gasteiger partial charge in [0.05, 0.1) is 0 Å². The lowest BCUT2D eigenvalue weighted by Crippen LogP contribution is -2.21. The van der Waals surface area contributed by atoms with Crippen LogP contribution in [0.25, 0.3) is 0 Å². The van der Waals surface area contributed by atoms with E-state index in [1.165, 1.54) is 4.88 Å². The molecule has 0 amide bonds. The first-order chi connectivity index (χ1) is 9.04. The van der Waals surface area contributed by atoms with Gasteiger partial charge in [-0.3, -0.25) is 0 Å². The molecule has 0 aliphatic rings. The molecule has 0 spiro atoms. The lowest BCUT2D eigenvalue weighted by atomic mass is 10.2. The maximum absolute atomic E-state index is 5.89. The van der Waals surface area contributed by atoms with Gasteiger partial charge in [0.25, 0.3) is 0 Å². The zero-order chi connectivity index (χ0) is 13.8. The van der Waals surface area contributed by atoms with Crippen molar-refractivity contribution >= 4 is 34.8 Å². The van der Waals surface area contributed by atoms with Crippen molar-refractivity contribution in [2.45, 2.75) is 19.4 Å². The number of hydrogen-bond donors (Lipinski definition) is 1. The summed E-state index contributed by atoms with van der Waals surface area (Å²) in [5.41, 5.74) is 0. The third kappa shape index (κ3) is 4.04. The normalized spacial score (nSPS) is 12.2. The van der Waals surface area contributed by atoms with Crippen molar-refractivity contribution in [2.75, 3.05) is 24.3 Å². The molecule has 0 aliphatic heterocycles. The lowest BCUT2D eigenvalue weighted by Gasteiger charge is -2.15. The largest absolute Gasteiger partial charge is 0.351 e. The molecule has 0 aromatic carbocycles. The van der Waals surface area contributed by atoms with Crippen LogP contribution in [0.15, 0.2) is 17.5 Å². The molecule has 1 unspecified atom stereocenters. The molecule has 0 saturated carbocycles. The molecule has 19 heavy (non-hydrogen) atoms. The van der Waals surface area contributed by atoms with Crippen LogP contribution in [0.5, 0.6) is 0 Å². The average molecular weight is 298 g/mol. The van der Waals surface area contributed by atoms with E-state index in [1.54, 1.807) is 16.2 Å². The fourth-order valence-corrected chi connectivity index (χ4v) is 2.60. The quantitative estimate of drug-likeness (QED) is 0.919. The van der Waals surface area contributed by atoms with Crippen molar-refractivity contribution < 1.29 is 0 Å². The molecule has 0 radical (unpaired) electrons. The van der Waals surface area contributed by atoms with E-state index in [9.17, 15) is 0 Å². The molecular weight excluding hydrogens is 282 g/mol. The second kappa shape index (κ2) is 6.16. The molecule has 7 heteroatoms. The van der Waals surface area contributed by atoms with Gasteiger partial charge in [-0.05, 0) is 30.0 Å². The number of nitrogens with one attached hydrogen (secondary N) is 1. The molecule has 0 fully saturated rings. The minimum atomic E-state index is 0.199. The number of aromatic nitrogens is 3. The van der Waals surface area contributed by atoms with Gasteiger partial charge in [0.2, 0.25) is 17.2 Å². The Morgan fingerprint density at radius 1 is 1.37 bits per heavy atom. The first kappa shape index (κ1) is 14.0. The Bertz CT molecular complexity index is 529. The minimum absolute atomic E-state index is 0.199. The summed E-state index contributed by atoms with van der Waals surface area (Å²) in [5.74, 6) is 1.05. The van der Waals surface area contributed by atoms with E-state index in [0.717, 1.165) is 6.42 Å². The Morgan fingerprint density at radius 2 is 2.16 bits per heavy atom. The van der Waals surface area contributed by atoms with Gasteiger partial charge in [0.1, 0.15) is 0 Å². The van der Waals surface area contributed by atoms with Gasteiger partial charge < -0.3 is 10.2 Å². The zero-order valence-corrected chi connectivity index (χ0v) is 12.7. The van der Waals surface area contributed by atoms with Gasteiger partial charge in [-0.25, -0.2) is 0 Å². The van der Waals surface area contributed by atoms with Crippen molar-refractivity contribution in [3.8, 4) is 0 Å². The summed E-state index contributed by atoms with van der Waals surface area (Å²) in [5, 5.41) is 5.52. The fraction of sp³-hybridized carbons (Fsp3) is 0.417. The van der Waals surface area contributed by atoms with Gasteiger partial charge in [-0.2, -0.15) is 15.0 Å². The Hall–Kier alpha value is -1.40. The predicted octanol–water partition coefficient (Wildman–Crippen LogP) is 2.70. The zero-order valence-electron chi connectivity index (χ0n) is 11.1. The van der Waals surface area contributed by atoms with Crippen molar-refractivity contribution in [1.82, 2.24) is 15.0 Å². The van der Waals surface area contributed by atoms with Crippen LogP contribution in [0.2, 0.25) is 5.28 Å². The Balaban J connectivity index is 2.05. The van der Waals surface area contributed by atoms with E-state index in [0.29, 0.717) is 11.9 Å². The molecule has 2 aromatic rings. The van der Waals surface area contributed by atoms with Gasteiger partial charge >= 0.3 is 0 Å². The lowest BCUT2D eigenvalue weighted by molar-refractivity contribution is 0.781. The molecule has 5 nitrogen and oxygen atoms in total. The van der Waals surface area contributed by atoms with Crippen LogP contribution < -0.4 is 10.2 Å². The highest BCUT2D eigenvalue weighted by molar-refractivity contribution is 7.09. The Kier molecular flexibility index (Phi) is 4.55. The second-order valence-electron chi connectivity index (χ2n) is 4.45. The van der Waals surface area contributed by atoms with Gasteiger partial charge in [-0.1, -0.05) is 6.07 Å². The molecule has 1 atom stereocenters. The van der Waals surface area contributed by atoms with E-state index < -0.39 is 0 Å². The van der Waals surface area contributed by atoms with Crippen molar-refractivity contribution in [3.05, 3.63) is 27.7 Å². The number of halogens is 1. The molecular formula is C12H16ClN5S. The van der Waals surface area contributed by atoms with E-state index >= 15 is 0 Å².